The second-order valence-electron chi connectivity index (χ2n) is 4.16. The Hall–Kier alpha value is -1.49. The number of carbonyl (C=O) groups excluding carboxylic acids is 1. The fourth-order valence-electron chi connectivity index (χ4n) is 1.64. The van der Waals surface area contributed by atoms with Crippen LogP contribution in [0, 0.1) is 5.92 Å². The van der Waals surface area contributed by atoms with Gasteiger partial charge in [0.05, 0.1) is 5.69 Å². The second-order valence-corrected chi connectivity index (χ2v) is 5.00. The van der Waals surface area contributed by atoms with Gasteiger partial charge in [0.15, 0.2) is 0 Å². The number of carboxylic acids is 1. The molecule has 0 aliphatic carbocycles. The third-order valence-corrected chi connectivity index (χ3v) is 3.23. The van der Waals surface area contributed by atoms with Gasteiger partial charge in [0, 0.05) is 17.7 Å². The predicted molar refractivity (Wildman–Crippen MR) is 72.9 cm³/mol. The molecular weight excluding hydrogens is 250 g/mol. The Bertz CT molecular complexity index is 434. The van der Waals surface area contributed by atoms with Gasteiger partial charge in [-0.15, -0.1) is 11.8 Å². The molecule has 1 amide bonds. The molecule has 1 atom stereocenters. The van der Waals surface area contributed by atoms with Crippen LogP contribution in [-0.2, 0) is 9.59 Å². The zero-order valence-corrected chi connectivity index (χ0v) is 11.3. The minimum absolute atomic E-state index is 0.0115. The smallest absolute Gasteiger partial charge is 0.303 e. The van der Waals surface area contributed by atoms with Gasteiger partial charge in [0.1, 0.15) is 0 Å². The summed E-state index contributed by atoms with van der Waals surface area (Å²) in [5.74, 6) is -1.19. The van der Waals surface area contributed by atoms with Crippen LogP contribution in [0.5, 0.6) is 0 Å². The third-order valence-electron chi connectivity index (χ3n) is 2.44. The first kappa shape index (κ1) is 14.6. The summed E-state index contributed by atoms with van der Waals surface area (Å²) in [5.41, 5.74) is 0.775. The summed E-state index contributed by atoms with van der Waals surface area (Å²) in [6.07, 6.45) is 2.17. The van der Waals surface area contributed by atoms with Crippen LogP contribution in [0.3, 0.4) is 0 Å². The number of hydrogen-bond donors (Lipinski definition) is 2. The average Bonchev–Trinajstić information content (AvgIpc) is 2.28. The number of carbonyl (C=O) groups is 2. The molecule has 4 nitrogen and oxygen atoms in total. The number of para-hydroxylation sites is 1. The molecule has 2 N–H and O–H groups in total. The highest BCUT2D eigenvalue weighted by Crippen LogP contribution is 2.25. The lowest BCUT2D eigenvalue weighted by molar-refractivity contribution is -0.138. The molecular formula is C13H17NO3S. The molecule has 0 spiro atoms. The Labute approximate surface area is 111 Å². The summed E-state index contributed by atoms with van der Waals surface area (Å²) in [6.45, 7) is 1.76. The van der Waals surface area contributed by atoms with Crippen LogP contribution in [0.2, 0.25) is 0 Å². The normalized spacial score (nSPS) is 11.9. The summed E-state index contributed by atoms with van der Waals surface area (Å²) in [4.78, 5) is 23.3. The third kappa shape index (κ3) is 4.79. The molecule has 98 valence electrons. The number of carboxylic acid groups (broad SMARTS) is 1. The molecule has 1 aromatic carbocycles. The van der Waals surface area contributed by atoms with Crippen LogP contribution < -0.4 is 5.32 Å². The number of nitrogens with one attached hydrogen (secondary N) is 1. The van der Waals surface area contributed by atoms with Crippen LogP contribution in [0.4, 0.5) is 5.69 Å². The zero-order chi connectivity index (χ0) is 13.5. The molecule has 0 aliphatic rings. The topological polar surface area (TPSA) is 66.4 Å². The summed E-state index contributed by atoms with van der Waals surface area (Å²) >= 11 is 1.56. The Morgan fingerprint density at radius 2 is 2.00 bits per heavy atom. The quantitative estimate of drug-likeness (QED) is 0.778. The van der Waals surface area contributed by atoms with Crippen molar-refractivity contribution < 1.29 is 14.7 Å². The number of anilines is 1. The van der Waals surface area contributed by atoms with Gasteiger partial charge in [0.25, 0.3) is 0 Å². The van der Waals surface area contributed by atoms with Crippen molar-refractivity contribution >= 4 is 29.3 Å². The zero-order valence-electron chi connectivity index (χ0n) is 10.5. The van der Waals surface area contributed by atoms with Gasteiger partial charge >= 0.3 is 5.97 Å². The summed E-state index contributed by atoms with van der Waals surface area (Å²) < 4.78 is 0. The van der Waals surface area contributed by atoms with Crippen molar-refractivity contribution in [1.29, 1.82) is 0 Å². The highest BCUT2D eigenvalue weighted by atomic mass is 32.2. The molecule has 0 saturated carbocycles. The molecule has 0 fully saturated rings. The van der Waals surface area contributed by atoms with Crippen LogP contribution in [-0.4, -0.2) is 23.2 Å². The van der Waals surface area contributed by atoms with E-state index in [1.165, 1.54) is 0 Å². The van der Waals surface area contributed by atoms with Crippen LogP contribution >= 0.6 is 11.8 Å². The van der Waals surface area contributed by atoms with Crippen molar-refractivity contribution in [3.05, 3.63) is 24.3 Å². The van der Waals surface area contributed by atoms with E-state index in [4.69, 9.17) is 5.11 Å². The van der Waals surface area contributed by atoms with Gasteiger partial charge in [-0.1, -0.05) is 19.1 Å². The van der Waals surface area contributed by atoms with Crippen molar-refractivity contribution in [2.24, 2.45) is 5.92 Å². The van der Waals surface area contributed by atoms with Crippen molar-refractivity contribution in [1.82, 2.24) is 0 Å². The predicted octanol–water partition coefficient (Wildman–Crippen LogP) is 2.85. The van der Waals surface area contributed by atoms with E-state index >= 15 is 0 Å². The average molecular weight is 267 g/mol. The number of rotatable bonds is 6. The van der Waals surface area contributed by atoms with Gasteiger partial charge in [-0.25, -0.2) is 0 Å². The molecule has 0 saturated heterocycles. The van der Waals surface area contributed by atoms with Crippen molar-refractivity contribution in [3.63, 3.8) is 0 Å². The minimum atomic E-state index is -0.875. The van der Waals surface area contributed by atoms with E-state index < -0.39 is 5.97 Å². The highest BCUT2D eigenvalue weighted by molar-refractivity contribution is 7.98. The first-order valence-corrected chi connectivity index (χ1v) is 6.90. The lowest BCUT2D eigenvalue weighted by atomic mass is 10.0. The summed E-state index contributed by atoms with van der Waals surface area (Å²) in [5, 5.41) is 11.4. The van der Waals surface area contributed by atoms with E-state index in [1.54, 1.807) is 18.7 Å². The van der Waals surface area contributed by atoms with E-state index in [-0.39, 0.29) is 24.7 Å². The molecule has 0 radical (unpaired) electrons. The maximum absolute atomic E-state index is 11.8. The Balaban J connectivity index is 2.56. The molecule has 0 bridgehead atoms. The number of hydrogen-bond acceptors (Lipinski definition) is 3. The van der Waals surface area contributed by atoms with E-state index in [2.05, 4.69) is 5.32 Å². The Morgan fingerprint density at radius 1 is 1.33 bits per heavy atom. The molecule has 18 heavy (non-hydrogen) atoms. The number of aliphatic carboxylic acids is 1. The number of benzene rings is 1. The maximum Gasteiger partial charge on any atom is 0.303 e. The van der Waals surface area contributed by atoms with Crippen LogP contribution in [0.1, 0.15) is 19.8 Å². The Kier molecular flexibility index (Phi) is 5.71. The van der Waals surface area contributed by atoms with Crippen molar-refractivity contribution in [2.45, 2.75) is 24.7 Å². The van der Waals surface area contributed by atoms with Crippen LogP contribution in [0.15, 0.2) is 29.2 Å². The SMILES string of the molecule is CSc1ccccc1NC(=O)CC(C)CC(=O)O. The van der Waals surface area contributed by atoms with Gasteiger partial charge < -0.3 is 10.4 Å². The standard InChI is InChI=1S/C13H17NO3S/c1-9(8-13(16)17)7-12(15)14-10-5-3-4-6-11(10)18-2/h3-6,9H,7-8H2,1-2H3,(H,14,15)(H,16,17). The number of amides is 1. The van der Waals surface area contributed by atoms with Gasteiger partial charge in [-0.3, -0.25) is 9.59 Å². The van der Waals surface area contributed by atoms with Gasteiger partial charge in [0.2, 0.25) is 5.91 Å². The first-order chi connectivity index (χ1) is 8.52. The van der Waals surface area contributed by atoms with Gasteiger partial charge in [-0.2, -0.15) is 0 Å². The maximum atomic E-state index is 11.8. The highest BCUT2D eigenvalue weighted by Gasteiger charge is 2.13. The van der Waals surface area contributed by atoms with Crippen molar-refractivity contribution in [2.75, 3.05) is 11.6 Å². The van der Waals surface area contributed by atoms with E-state index in [0.29, 0.717) is 0 Å². The molecule has 5 heteroatoms. The summed E-state index contributed by atoms with van der Waals surface area (Å²) in [7, 11) is 0. The molecule has 1 aromatic rings. The molecule has 0 aromatic heterocycles. The van der Waals surface area contributed by atoms with E-state index in [1.807, 2.05) is 30.5 Å². The van der Waals surface area contributed by atoms with Crippen molar-refractivity contribution in [3.8, 4) is 0 Å². The summed E-state index contributed by atoms with van der Waals surface area (Å²) in [6, 6.07) is 7.54. The fourth-order valence-corrected chi connectivity index (χ4v) is 2.19. The number of thioether (sulfide) groups is 1. The molecule has 1 rings (SSSR count). The fraction of sp³-hybridized carbons (Fsp3) is 0.385. The van der Waals surface area contributed by atoms with Gasteiger partial charge in [-0.05, 0) is 24.3 Å². The monoisotopic (exact) mass is 267 g/mol. The van der Waals surface area contributed by atoms with E-state index in [0.717, 1.165) is 10.6 Å². The second kappa shape index (κ2) is 7.06. The Morgan fingerprint density at radius 3 is 2.61 bits per heavy atom. The minimum Gasteiger partial charge on any atom is -0.481 e. The molecule has 0 aliphatic heterocycles. The lowest BCUT2D eigenvalue weighted by Gasteiger charge is -2.11. The molecule has 0 heterocycles. The first-order valence-electron chi connectivity index (χ1n) is 5.67. The lowest BCUT2D eigenvalue weighted by Crippen LogP contribution is -2.17. The van der Waals surface area contributed by atoms with Crippen LogP contribution in [0.25, 0.3) is 0 Å². The van der Waals surface area contributed by atoms with E-state index in [9.17, 15) is 9.59 Å². The molecule has 1 unspecified atom stereocenters. The largest absolute Gasteiger partial charge is 0.481 e.